The van der Waals surface area contributed by atoms with Crippen molar-refractivity contribution in [2.24, 2.45) is 0 Å². The predicted molar refractivity (Wildman–Crippen MR) is 99.9 cm³/mol. The molecule has 0 fully saturated rings. The summed E-state index contributed by atoms with van der Waals surface area (Å²) in [6.45, 7) is 2.54. The quantitative estimate of drug-likeness (QED) is 0.727. The van der Waals surface area contributed by atoms with E-state index < -0.39 is 0 Å². The molecule has 4 nitrogen and oxygen atoms in total. The van der Waals surface area contributed by atoms with Gasteiger partial charge in [0.2, 0.25) is 5.95 Å². The number of aromatic nitrogens is 2. The van der Waals surface area contributed by atoms with Gasteiger partial charge in [0.05, 0.1) is 0 Å². The van der Waals surface area contributed by atoms with Crippen LogP contribution in [0.2, 0.25) is 0 Å². The topological polar surface area (TPSA) is 41.1 Å². The van der Waals surface area contributed by atoms with Gasteiger partial charge in [-0.15, -0.1) is 0 Å². The molecule has 0 saturated heterocycles. The molecule has 2 aromatic carbocycles. The molecule has 0 bridgehead atoms. The minimum absolute atomic E-state index is 0.173. The van der Waals surface area contributed by atoms with Gasteiger partial charge in [-0.3, -0.25) is 0 Å². The number of aryl methyl sites for hydroxylation is 1. The number of anilines is 3. The summed E-state index contributed by atoms with van der Waals surface area (Å²) in [5.41, 5.74) is 2.59. The van der Waals surface area contributed by atoms with Gasteiger partial charge in [-0.1, -0.05) is 36.4 Å². The fraction of sp³-hybridized carbons (Fsp3) is 0.200. The van der Waals surface area contributed by atoms with Gasteiger partial charge in [0.1, 0.15) is 11.6 Å². The van der Waals surface area contributed by atoms with E-state index in [0.717, 1.165) is 17.2 Å². The van der Waals surface area contributed by atoms with Crippen molar-refractivity contribution < 1.29 is 4.39 Å². The number of rotatable bonds is 6. The Bertz CT molecular complexity index is 836. The van der Waals surface area contributed by atoms with Crippen molar-refractivity contribution >= 4 is 17.5 Å². The zero-order valence-corrected chi connectivity index (χ0v) is 14.4. The van der Waals surface area contributed by atoms with E-state index in [9.17, 15) is 4.39 Å². The van der Waals surface area contributed by atoms with Crippen LogP contribution in [0, 0.1) is 12.7 Å². The van der Waals surface area contributed by atoms with E-state index in [-0.39, 0.29) is 5.82 Å². The first kappa shape index (κ1) is 16.9. The third kappa shape index (κ3) is 4.32. The maximum absolute atomic E-state index is 13.7. The second-order valence-corrected chi connectivity index (χ2v) is 5.86. The van der Waals surface area contributed by atoms with Crippen molar-refractivity contribution in [1.82, 2.24) is 9.97 Å². The van der Waals surface area contributed by atoms with E-state index in [1.54, 1.807) is 12.1 Å². The number of hydrogen-bond acceptors (Lipinski definition) is 4. The number of halogens is 1. The first-order valence-corrected chi connectivity index (χ1v) is 8.25. The molecule has 0 atom stereocenters. The molecule has 3 aromatic rings. The van der Waals surface area contributed by atoms with Crippen molar-refractivity contribution in [2.45, 2.75) is 13.3 Å². The lowest BCUT2D eigenvalue weighted by Crippen LogP contribution is -2.15. The standard InChI is InChI=1S/C20H21FN4/c1-15-14-19(22-13-12-16-8-6-7-11-18(16)21)24-20(23-15)25(2)17-9-4-3-5-10-17/h3-11,14H,12-13H2,1-2H3,(H,22,23,24). The minimum atomic E-state index is -0.173. The molecule has 0 radical (unpaired) electrons. The summed E-state index contributed by atoms with van der Waals surface area (Å²) in [7, 11) is 1.94. The molecule has 0 amide bonds. The molecule has 0 spiro atoms. The Labute approximate surface area is 147 Å². The van der Waals surface area contributed by atoms with Gasteiger partial charge in [-0.05, 0) is 37.1 Å². The first-order chi connectivity index (χ1) is 12.1. The molecule has 25 heavy (non-hydrogen) atoms. The maximum atomic E-state index is 13.7. The Morgan fingerprint density at radius 2 is 1.72 bits per heavy atom. The SMILES string of the molecule is Cc1cc(NCCc2ccccc2F)nc(N(C)c2ccccc2)n1. The van der Waals surface area contributed by atoms with Crippen molar-refractivity contribution in [1.29, 1.82) is 0 Å². The minimum Gasteiger partial charge on any atom is -0.370 e. The monoisotopic (exact) mass is 336 g/mol. The third-order valence-electron chi connectivity index (χ3n) is 3.94. The zero-order chi connectivity index (χ0) is 17.6. The van der Waals surface area contributed by atoms with Crippen LogP contribution in [0.3, 0.4) is 0 Å². The van der Waals surface area contributed by atoms with E-state index in [1.165, 1.54) is 6.07 Å². The second kappa shape index (κ2) is 7.75. The molecular weight excluding hydrogens is 315 g/mol. The summed E-state index contributed by atoms with van der Waals surface area (Å²) in [4.78, 5) is 11.0. The molecule has 5 heteroatoms. The van der Waals surface area contributed by atoms with Crippen LogP contribution >= 0.6 is 0 Å². The average molecular weight is 336 g/mol. The molecule has 1 heterocycles. The van der Waals surface area contributed by atoms with Gasteiger partial charge in [-0.25, -0.2) is 9.37 Å². The maximum Gasteiger partial charge on any atom is 0.231 e. The number of nitrogens with zero attached hydrogens (tertiary/aromatic N) is 3. The normalized spacial score (nSPS) is 10.5. The number of para-hydroxylation sites is 1. The number of hydrogen-bond donors (Lipinski definition) is 1. The van der Waals surface area contributed by atoms with Crippen LogP contribution in [0.15, 0.2) is 60.7 Å². The van der Waals surface area contributed by atoms with Crippen LogP contribution in [0.5, 0.6) is 0 Å². The second-order valence-electron chi connectivity index (χ2n) is 5.86. The van der Waals surface area contributed by atoms with Gasteiger partial charge in [0.15, 0.2) is 0 Å². The molecule has 0 aliphatic rings. The van der Waals surface area contributed by atoms with E-state index in [4.69, 9.17) is 0 Å². The van der Waals surface area contributed by atoms with Crippen molar-refractivity contribution in [3.63, 3.8) is 0 Å². The molecular formula is C20H21FN4. The van der Waals surface area contributed by atoms with E-state index in [2.05, 4.69) is 15.3 Å². The Balaban J connectivity index is 1.70. The lowest BCUT2D eigenvalue weighted by Gasteiger charge is -2.18. The lowest BCUT2D eigenvalue weighted by molar-refractivity contribution is 0.610. The van der Waals surface area contributed by atoms with Crippen LogP contribution in [0.25, 0.3) is 0 Å². The molecule has 0 unspecified atom stereocenters. The number of benzene rings is 2. The van der Waals surface area contributed by atoms with Crippen LogP contribution in [-0.4, -0.2) is 23.6 Å². The highest BCUT2D eigenvalue weighted by Gasteiger charge is 2.09. The average Bonchev–Trinajstić information content (AvgIpc) is 2.63. The largest absolute Gasteiger partial charge is 0.370 e. The van der Waals surface area contributed by atoms with Crippen LogP contribution in [-0.2, 0) is 6.42 Å². The Morgan fingerprint density at radius 1 is 1.00 bits per heavy atom. The van der Waals surface area contributed by atoms with Gasteiger partial charge >= 0.3 is 0 Å². The Morgan fingerprint density at radius 3 is 2.48 bits per heavy atom. The third-order valence-corrected chi connectivity index (χ3v) is 3.94. The summed E-state index contributed by atoms with van der Waals surface area (Å²) < 4.78 is 13.7. The molecule has 0 saturated carbocycles. The molecule has 128 valence electrons. The summed E-state index contributed by atoms with van der Waals surface area (Å²) in [6.07, 6.45) is 0.597. The molecule has 0 aliphatic carbocycles. The van der Waals surface area contributed by atoms with Gasteiger partial charge < -0.3 is 10.2 Å². The van der Waals surface area contributed by atoms with E-state index in [1.807, 2.05) is 61.3 Å². The van der Waals surface area contributed by atoms with Gasteiger partial charge in [-0.2, -0.15) is 4.98 Å². The van der Waals surface area contributed by atoms with Gasteiger partial charge in [0, 0.05) is 31.0 Å². The van der Waals surface area contributed by atoms with Crippen LogP contribution in [0.1, 0.15) is 11.3 Å². The highest BCUT2D eigenvalue weighted by Crippen LogP contribution is 2.21. The molecule has 1 aromatic heterocycles. The summed E-state index contributed by atoms with van der Waals surface area (Å²) in [5, 5.41) is 3.26. The Kier molecular flexibility index (Phi) is 5.23. The Hall–Kier alpha value is -2.95. The highest BCUT2D eigenvalue weighted by molar-refractivity contribution is 5.57. The van der Waals surface area contributed by atoms with E-state index >= 15 is 0 Å². The van der Waals surface area contributed by atoms with Crippen molar-refractivity contribution in [2.75, 3.05) is 23.8 Å². The smallest absolute Gasteiger partial charge is 0.231 e. The fourth-order valence-electron chi connectivity index (χ4n) is 2.59. The number of nitrogens with one attached hydrogen (secondary N) is 1. The highest BCUT2D eigenvalue weighted by atomic mass is 19.1. The zero-order valence-electron chi connectivity index (χ0n) is 14.4. The van der Waals surface area contributed by atoms with Crippen LogP contribution in [0.4, 0.5) is 21.8 Å². The first-order valence-electron chi connectivity index (χ1n) is 8.25. The molecule has 3 rings (SSSR count). The van der Waals surface area contributed by atoms with Gasteiger partial charge in [0.25, 0.3) is 0 Å². The van der Waals surface area contributed by atoms with Crippen LogP contribution < -0.4 is 10.2 Å². The predicted octanol–water partition coefficient (Wildman–Crippen LogP) is 4.35. The van der Waals surface area contributed by atoms with E-state index in [0.29, 0.717) is 24.5 Å². The van der Waals surface area contributed by atoms with Crippen molar-refractivity contribution in [3.05, 3.63) is 77.7 Å². The summed E-state index contributed by atoms with van der Waals surface area (Å²) in [6, 6.07) is 18.7. The lowest BCUT2D eigenvalue weighted by atomic mass is 10.1. The summed E-state index contributed by atoms with van der Waals surface area (Å²) in [5.74, 6) is 1.19. The molecule has 1 N–H and O–H groups in total. The summed E-state index contributed by atoms with van der Waals surface area (Å²) >= 11 is 0. The fourth-order valence-corrected chi connectivity index (χ4v) is 2.59. The van der Waals surface area contributed by atoms with Crippen molar-refractivity contribution in [3.8, 4) is 0 Å². The molecule has 0 aliphatic heterocycles.